The van der Waals surface area contributed by atoms with Crippen LogP contribution in [0.5, 0.6) is 5.75 Å². The number of hydrogen-bond acceptors (Lipinski definition) is 6. The van der Waals surface area contributed by atoms with Crippen LogP contribution in [0, 0.1) is 0 Å². The average molecular weight is 547 g/mol. The van der Waals surface area contributed by atoms with Gasteiger partial charge in [0.05, 0.1) is 12.7 Å². The summed E-state index contributed by atoms with van der Waals surface area (Å²) in [5.41, 5.74) is -0.835. The van der Waals surface area contributed by atoms with Crippen LogP contribution in [0.1, 0.15) is 27.4 Å². The number of carbonyl (C=O) groups is 1. The maximum absolute atomic E-state index is 14.6. The topological polar surface area (TPSA) is 83.0 Å². The van der Waals surface area contributed by atoms with Crippen molar-refractivity contribution in [1.29, 1.82) is 0 Å². The van der Waals surface area contributed by atoms with E-state index in [1.165, 1.54) is 55.9 Å². The maximum atomic E-state index is 14.6. The molecule has 0 saturated carbocycles. The first-order valence-electron chi connectivity index (χ1n) is 10.7. The fraction of sp³-hybridized carbons (Fsp3) is 0.120. The third kappa shape index (κ3) is 4.65. The third-order valence-corrected chi connectivity index (χ3v) is 6.25. The van der Waals surface area contributed by atoms with Crippen LogP contribution in [-0.4, -0.2) is 32.6 Å². The number of benzene rings is 2. The lowest BCUT2D eigenvalue weighted by atomic mass is 10.1. The molecule has 5 aromatic rings. The molecule has 0 fully saturated rings. The van der Waals surface area contributed by atoms with Crippen LogP contribution in [-0.2, 0) is 12.7 Å². The summed E-state index contributed by atoms with van der Waals surface area (Å²) in [6, 6.07) is 11.9. The van der Waals surface area contributed by atoms with Gasteiger partial charge in [0, 0.05) is 45.5 Å². The predicted octanol–water partition coefficient (Wildman–Crippen LogP) is 6.70. The summed E-state index contributed by atoms with van der Waals surface area (Å²) in [6.07, 6.45) is -1.97. The Labute approximate surface area is 217 Å². The Kier molecular flexibility index (Phi) is 6.38. The highest BCUT2D eigenvalue weighted by Gasteiger charge is 2.42. The molecule has 37 heavy (non-hydrogen) atoms. The smallest absolute Gasteiger partial charge is 0.432 e. The van der Waals surface area contributed by atoms with Crippen molar-refractivity contribution < 1.29 is 27.2 Å². The van der Waals surface area contributed by atoms with Crippen molar-refractivity contribution in [3.8, 4) is 17.2 Å². The summed E-state index contributed by atoms with van der Waals surface area (Å²) >= 11 is 12.2. The molecule has 0 saturated heterocycles. The minimum absolute atomic E-state index is 0.0111. The number of rotatable bonds is 6. The van der Waals surface area contributed by atoms with Gasteiger partial charge in [-0.05, 0) is 48.0 Å². The number of aromatic nitrogens is 4. The van der Waals surface area contributed by atoms with Crippen LogP contribution < -0.4 is 4.74 Å². The fourth-order valence-corrected chi connectivity index (χ4v) is 4.48. The van der Waals surface area contributed by atoms with Gasteiger partial charge in [-0.2, -0.15) is 18.2 Å². The van der Waals surface area contributed by atoms with Gasteiger partial charge in [0.1, 0.15) is 11.4 Å². The summed E-state index contributed by atoms with van der Waals surface area (Å²) in [5, 5.41) is 4.19. The van der Waals surface area contributed by atoms with Gasteiger partial charge in [0.25, 0.3) is 5.89 Å². The Morgan fingerprint density at radius 1 is 1.08 bits per heavy atom. The van der Waals surface area contributed by atoms with Gasteiger partial charge in [-0.3, -0.25) is 9.78 Å². The molecule has 0 bridgehead atoms. The first-order valence-corrected chi connectivity index (χ1v) is 11.4. The summed E-state index contributed by atoms with van der Waals surface area (Å²) in [7, 11) is 1.37. The summed E-state index contributed by atoms with van der Waals surface area (Å²) in [4.78, 5) is 21.5. The zero-order valence-corrected chi connectivity index (χ0v) is 20.4. The number of ether oxygens (including phenoxy) is 1. The maximum Gasteiger partial charge on any atom is 0.432 e. The minimum Gasteiger partial charge on any atom is -0.497 e. The average Bonchev–Trinajstić information content (AvgIpc) is 3.49. The van der Waals surface area contributed by atoms with E-state index in [0.717, 1.165) is 4.57 Å². The SMILES string of the molecule is COc1ccc2c(c1)c(C(=O)c1noc(-c3ccncc3)n1)c(C(F)(F)F)n2Cc1ccc(Cl)cc1Cl. The van der Waals surface area contributed by atoms with Crippen molar-refractivity contribution in [3.05, 3.63) is 93.6 Å². The van der Waals surface area contributed by atoms with E-state index >= 15 is 0 Å². The number of fused-ring (bicyclic) bond motifs is 1. The second-order valence-corrected chi connectivity index (χ2v) is 8.76. The Hall–Kier alpha value is -3.89. The van der Waals surface area contributed by atoms with Gasteiger partial charge >= 0.3 is 6.18 Å². The second-order valence-electron chi connectivity index (χ2n) is 7.91. The second kappa shape index (κ2) is 9.53. The molecule has 0 radical (unpaired) electrons. The van der Waals surface area contributed by atoms with Gasteiger partial charge in [-0.25, -0.2) is 0 Å². The molecule has 0 atom stereocenters. The molecule has 7 nitrogen and oxygen atoms in total. The quantitative estimate of drug-likeness (QED) is 0.220. The molecule has 0 aliphatic rings. The zero-order valence-electron chi connectivity index (χ0n) is 18.9. The Morgan fingerprint density at radius 3 is 2.51 bits per heavy atom. The van der Waals surface area contributed by atoms with Crippen LogP contribution in [0.15, 0.2) is 65.4 Å². The lowest BCUT2D eigenvalue weighted by molar-refractivity contribution is -0.143. The molecule has 188 valence electrons. The van der Waals surface area contributed by atoms with E-state index in [9.17, 15) is 18.0 Å². The molecular weight excluding hydrogens is 532 g/mol. The molecule has 0 spiro atoms. The molecule has 0 aliphatic heterocycles. The molecular formula is C25H15Cl2F3N4O3. The van der Waals surface area contributed by atoms with Crippen molar-refractivity contribution in [1.82, 2.24) is 19.7 Å². The van der Waals surface area contributed by atoms with Gasteiger partial charge in [0.15, 0.2) is 0 Å². The largest absolute Gasteiger partial charge is 0.497 e. The van der Waals surface area contributed by atoms with E-state index in [2.05, 4.69) is 15.1 Å². The number of carbonyl (C=O) groups excluding carboxylic acids is 1. The van der Waals surface area contributed by atoms with E-state index < -0.39 is 29.0 Å². The number of nitrogens with zero attached hydrogens (tertiary/aromatic N) is 4. The van der Waals surface area contributed by atoms with Crippen LogP contribution >= 0.6 is 23.2 Å². The number of halogens is 5. The van der Waals surface area contributed by atoms with Crippen LogP contribution in [0.2, 0.25) is 10.0 Å². The summed E-state index contributed by atoms with van der Waals surface area (Å²) in [6.45, 7) is -0.282. The highest BCUT2D eigenvalue weighted by molar-refractivity contribution is 6.35. The molecule has 3 heterocycles. The Balaban J connectivity index is 1.73. The van der Waals surface area contributed by atoms with Crippen molar-refractivity contribution >= 4 is 39.9 Å². The first-order chi connectivity index (χ1) is 17.7. The summed E-state index contributed by atoms with van der Waals surface area (Å²) < 4.78 is 55.2. The number of hydrogen-bond donors (Lipinski definition) is 0. The van der Waals surface area contributed by atoms with E-state index in [-0.39, 0.29) is 34.1 Å². The van der Waals surface area contributed by atoms with Crippen molar-refractivity contribution in [2.24, 2.45) is 0 Å². The molecule has 0 unspecified atom stereocenters. The van der Waals surface area contributed by atoms with Gasteiger partial charge in [-0.15, -0.1) is 0 Å². The van der Waals surface area contributed by atoms with Gasteiger partial charge < -0.3 is 13.8 Å². The summed E-state index contributed by atoms with van der Waals surface area (Å²) in [5.74, 6) is -1.35. The highest BCUT2D eigenvalue weighted by Crippen LogP contribution is 2.41. The highest BCUT2D eigenvalue weighted by atomic mass is 35.5. The van der Waals surface area contributed by atoms with Crippen LogP contribution in [0.3, 0.4) is 0 Å². The van der Waals surface area contributed by atoms with Gasteiger partial charge in [-0.1, -0.05) is 34.4 Å². The monoisotopic (exact) mass is 546 g/mol. The van der Waals surface area contributed by atoms with Crippen LogP contribution in [0.25, 0.3) is 22.4 Å². The number of alkyl halides is 3. The van der Waals surface area contributed by atoms with Crippen molar-refractivity contribution in [2.75, 3.05) is 7.11 Å². The standard InChI is InChI=1S/C25H15Cl2F3N4O3/c1-36-16-4-5-19-17(11-16)20(21(35)23-32-24(37-33-23)13-6-8-31-9-7-13)22(25(28,29)30)34(19)12-14-2-3-15(26)10-18(14)27/h2-11H,12H2,1H3. The molecule has 12 heteroatoms. The zero-order chi connectivity index (χ0) is 26.3. The molecule has 2 aromatic carbocycles. The molecule has 3 aromatic heterocycles. The number of pyridine rings is 1. The van der Waals surface area contributed by atoms with E-state index in [4.69, 9.17) is 32.5 Å². The number of methoxy groups -OCH3 is 1. The fourth-order valence-electron chi connectivity index (χ4n) is 4.01. The van der Waals surface area contributed by atoms with E-state index in [1.807, 2.05) is 0 Å². The Bertz CT molecular complexity index is 1630. The van der Waals surface area contributed by atoms with Crippen LogP contribution in [0.4, 0.5) is 13.2 Å². The lowest BCUT2D eigenvalue weighted by Crippen LogP contribution is -2.19. The van der Waals surface area contributed by atoms with E-state index in [0.29, 0.717) is 16.1 Å². The first kappa shape index (κ1) is 24.8. The van der Waals surface area contributed by atoms with Crippen molar-refractivity contribution in [3.63, 3.8) is 0 Å². The third-order valence-electron chi connectivity index (χ3n) is 5.67. The molecule has 0 aliphatic carbocycles. The molecule has 0 N–H and O–H groups in total. The molecule has 0 amide bonds. The van der Waals surface area contributed by atoms with Crippen molar-refractivity contribution in [2.45, 2.75) is 12.7 Å². The van der Waals surface area contributed by atoms with E-state index in [1.54, 1.807) is 12.1 Å². The predicted molar refractivity (Wildman–Crippen MR) is 130 cm³/mol. The number of ketones is 1. The molecule has 5 rings (SSSR count). The normalized spacial score (nSPS) is 11.7. The Morgan fingerprint density at radius 2 is 1.84 bits per heavy atom. The minimum atomic E-state index is -4.92. The van der Waals surface area contributed by atoms with Gasteiger partial charge in [0.2, 0.25) is 11.6 Å². The lowest BCUT2D eigenvalue weighted by Gasteiger charge is -2.15.